The Morgan fingerprint density at radius 2 is 2.40 bits per heavy atom. The molecule has 4 heteroatoms. The van der Waals surface area contributed by atoms with E-state index in [1.165, 1.54) is 5.56 Å². The van der Waals surface area contributed by atoms with Crippen LogP contribution in [-0.2, 0) is 13.6 Å². The maximum atomic E-state index is 8.79. The predicted octanol–water partition coefficient (Wildman–Crippen LogP) is 1.74. The second kappa shape index (κ2) is 5.84. The third kappa shape index (κ3) is 3.61. The molecule has 1 aromatic rings. The summed E-state index contributed by atoms with van der Waals surface area (Å²) in [5.74, 6) is 0. The average Bonchev–Trinajstić information content (AvgIpc) is 2.58. The first-order valence-electron chi connectivity index (χ1n) is 4.96. The lowest BCUT2D eigenvalue weighted by atomic mass is 10.3. The van der Waals surface area contributed by atoms with Gasteiger partial charge in [-0.2, -0.15) is 17.0 Å². The SMILES string of the molecule is CSC(C)CNCc1cc(C#N)n(C)c1. The fourth-order valence-electron chi connectivity index (χ4n) is 1.34. The van der Waals surface area contributed by atoms with Crippen LogP contribution in [0.1, 0.15) is 18.2 Å². The lowest BCUT2D eigenvalue weighted by Gasteiger charge is -2.08. The van der Waals surface area contributed by atoms with Crippen LogP contribution in [0.5, 0.6) is 0 Å². The van der Waals surface area contributed by atoms with Crippen LogP contribution in [0, 0.1) is 11.3 Å². The number of nitrogens with zero attached hydrogens (tertiary/aromatic N) is 2. The summed E-state index contributed by atoms with van der Waals surface area (Å²) in [5.41, 5.74) is 1.88. The van der Waals surface area contributed by atoms with E-state index in [1.807, 2.05) is 35.6 Å². The quantitative estimate of drug-likeness (QED) is 0.826. The molecule has 0 aliphatic carbocycles. The second-order valence-corrected chi connectivity index (χ2v) is 4.91. The van der Waals surface area contributed by atoms with Crippen molar-refractivity contribution in [1.29, 1.82) is 5.26 Å². The first kappa shape index (κ1) is 12.2. The minimum atomic E-state index is 0.629. The van der Waals surface area contributed by atoms with E-state index in [4.69, 9.17) is 5.26 Å². The summed E-state index contributed by atoms with van der Waals surface area (Å²) in [6.07, 6.45) is 4.11. The Morgan fingerprint density at radius 3 is 2.93 bits per heavy atom. The summed E-state index contributed by atoms with van der Waals surface area (Å²) in [6.45, 7) is 4.03. The molecule has 1 N–H and O–H groups in total. The van der Waals surface area contributed by atoms with Crippen LogP contribution in [0.4, 0.5) is 0 Å². The van der Waals surface area contributed by atoms with Crippen LogP contribution in [0.3, 0.4) is 0 Å². The van der Waals surface area contributed by atoms with E-state index < -0.39 is 0 Å². The first-order valence-corrected chi connectivity index (χ1v) is 6.25. The molecule has 0 saturated heterocycles. The number of aromatic nitrogens is 1. The maximum absolute atomic E-state index is 8.79. The molecule has 0 fully saturated rings. The van der Waals surface area contributed by atoms with Crippen LogP contribution in [0.25, 0.3) is 0 Å². The highest BCUT2D eigenvalue weighted by atomic mass is 32.2. The Kier molecular flexibility index (Phi) is 4.73. The number of nitrogens with one attached hydrogen (secondary N) is 1. The van der Waals surface area contributed by atoms with Gasteiger partial charge in [0.25, 0.3) is 0 Å². The highest BCUT2D eigenvalue weighted by molar-refractivity contribution is 7.99. The number of hydrogen-bond acceptors (Lipinski definition) is 3. The molecule has 0 aromatic carbocycles. The summed E-state index contributed by atoms with van der Waals surface area (Å²) in [6, 6.07) is 4.08. The molecule has 82 valence electrons. The van der Waals surface area contributed by atoms with Gasteiger partial charge in [-0.15, -0.1) is 0 Å². The van der Waals surface area contributed by atoms with Gasteiger partial charge in [-0.25, -0.2) is 0 Å². The van der Waals surface area contributed by atoms with Crippen molar-refractivity contribution in [3.05, 3.63) is 23.5 Å². The molecule has 1 rings (SSSR count). The lowest BCUT2D eigenvalue weighted by molar-refractivity contribution is 0.683. The molecule has 1 atom stereocenters. The number of aryl methyl sites for hydroxylation is 1. The monoisotopic (exact) mass is 223 g/mol. The third-order valence-electron chi connectivity index (χ3n) is 2.34. The zero-order valence-electron chi connectivity index (χ0n) is 9.45. The van der Waals surface area contributed by atoms with Crippen molar-refractivity contribution in [2.24, 2.45) is 7.05 Å². The van der Waals surface area contributed by atoms with Crippen molar-refractivity contribution in [2.75, 3.05) is 12.8 Å². The summed E-state index contributed by atoms with van der Waals surface area (Å²) in [5, 5.41) is 12.8. The van der Waals surface area contributed by atoms with E-state index in [2.05, 4.69) is 24.6 Å². The molecule has 0 saturated carbocycles. The van der Waals surface area contributed by atoms with Gasteiger partial charge in [0.15, 0.2) is 0 Å². The van der Waals surface area contributed by atoms with Crippen LogP contribution in [0.2, 0.25) is 0 Å². The van der Waals surface area contributed by atoms with Crippen molar-refractivity contribution < 1.29 is 0 Å². The van der Waals surface area contributed by atoms with E-state index >= 15 is 0 Å². The molecule has 1 unspecified atom stereocenters. The fourth-order valence-corrected chi connectivity index (χ4v) is 1.63. The second-order valence-electron chi connectivity index (χ2n) is 3.63. The van der Waals surface area contributed by atoms with Gasteiger partial charge in [-0.1, -0.05) is 6.92 Å². The van der Waals surface area contributed by atoms with E-state index in [-0.39, 0.29) is 0 Å². The lowest BCUT2D eigenvalue weighted by Crippen LogP contribution is -2.21. The molecule has 1 heterocycles. The zero-order valence-corrected chi connectivity index (χ0v) is 10.3. The summed E-state index contributed by atoms with van der Waals surface area (Å²) < 4.78 is 1.86. The standard InChI is InChI=1S/C11H17N3S/c1-9(15-3)6-13-7-10-4-11(5-12)14(2)8-10/h4,8-9,13H,6-7H2,1-3H3. The molecule has 15 heavy (non-hydrogen) atoms. The van der Waals surface area contributed by atoms with Crippen LogP contribution < -0.4 is 5.32 Å². The molecule has 0 amide bonds. The van der Waals surface area contributed by atoms with E-state index in [0.29, 0.717) is 10.9 Å². The molecule has 0 aliphatic rings. The van der Waals surface area contributed by atoms with Crippen LogP contribution in [0.15, 0.2) is 12.3 Å². The Balaban J connectivity index is 2.42. The summed E-state index contributed by atoms with van der Waals surface area (Å²) in [4.78, 5) is 0. The molecule has 0 bridgehead atoms. The third-order valence-corrected chi connectivity index (χ3v) is 3.31. The molecule has 0 spiro atoms. The van der Waals surface area contributed by atoms with Gasteiger partial charge >= 0.3 is 0 Å². The molecular weight excluding hydrogens is 206 g/mol. The fraction of sp³-hybridized carbons (Fsp3) is 0.545. The largest absolute Gasteiger partial charge is 0.342 e. The Labute approximate surface area is 95.5 Å². The maximum Gasteiger partial charge on any atom is 0.120 e. The van der Waals surface area contributed by atoms with Crippen LogP contribution >= 0.6 is 11.8 Å². The van der Waals surface area contributed by atoms with Gasteiger partial charge in [0.2, 0.25) is 0 Å². The Hall–Kier alpha value is -0.920. The Morgan fingerprint density at radius 1 is 1.67 bits per heavy atom. The minimum Gasteiger partial charge on any atom is -0.342 e. The molecular formula is C11H17N3S. The average molecular weight is 223 g/mol. The number of nitriles is 1. The highest BCUT2D eigenvalue weighted by Crippen LogP contribution is 2.07. The van der Waals surface area contributed by atoms with E-state index in [0.717, 1.165) is 13.1 Å². The molecule has 3 nitrogen and oxygen atoms in total. The number of thioether (sulfide) groups is 1. The van der Waals surface area contributed by atoms with Crippen molar-refractivity contribution in [1.82, 2.24) is 9.88 Å². The van der Waals surface area contributed by atoms with Gasteiger partial charge in [-0.05, 0) is 17.9 Å². The smallest absolute Gasteiger partial charge is 0.120 e. The zero-order chi connectivity index (χ0) is 11.3. The van der Waals surface area contributed by atoms with Gasteiger partial charge < -0.3 is 9.88 Å². The van der Waals surface area contributed by atoms with Gasteiger partial charge in [0, 0.05) is 31.6 Å². The molecule has 0 radical (unpaired) electrons. The molecule has 0 aliphatic heterocycles. The van der Waals surface area contributed by atoms with E-state index in [1.54, 1.807) is 0 Å². The number of hydrogen-bond donors (Lipinski definition) is 1. The highest BCUT2D eigenvalue weighted by Gasteiger charge is 2.02. The summed E-state index contributed by atoms with van der Waals surface area (Å²) >= 11 is 1.85. The van der Waals surface area contributed by atoms with Crippen molar-refractivity contribution in [3.63, 3.8) is 0 Å². The Bertz CT molecular complexity index is 351. The normalized spacial score (nSPS) is 12.4. The summed E-state index contributed by atoms with van der Waals surface area (Å²) in [7, 11) is 1.90. The number of rotatable bonds is 5. The van der Waals surface area contributed by atoms with Crippen molar-refractivity contribution in [3.8, 4) is 6.07 Å². The predicted molar refractivity (Wildman–Crippen MR) is 64.8 cm³/mol. The molecule has 1 aromatic heterocycles. The first-order chi connectivity index (χ1) is 7.17. The van der Waals surface area contributed by atoms with Crippen molar-refractivity contribution >= 4 is 11.8 Å². The van der Waals surface area contributed by atoms with Gasteiger partial charge in [0.1, 0.15) is 11.8 Å². The van der Waals surface area contributed by atoms with E-state index in [9.17, 15) is 0 Å². The minimum absolute atomic E-state index is 0.629. The van der Waals surface area contributed by atoms with Crippen molar-refractivity contribution in [2.45, 2.75) is 18.7 Å². The topological polar surface area (TPSA) is 40.8 Å². The van der Waals surface area contributed by atoms with Gasteiger partial charge in [0.05, 0.1) is 0 Å². The van der Waals surface area contributed by atoms with Gasteiger partial charge in [-0.3, -0.25) is 0 Å². The van der Waals surface area contributed by atoms with Crippen LogP contribution in [-0.4, -0.2) is 22.6 Å².